The second-order valence-corrected chi connectivity index (χ2v) is 8.51. The molecule has 184 valence electrons. The lowest BCUT2D eigenvalue weighted by molar-refractivity contribution is -0.137. The number of aryl methyl sites for hydroxylation is 1. The minimum absolute atomic E-state index is 0.104. The van der Waals surface area contributed by atoms with Gasteiger partial charge < -0.3 is 4.90 Å². The van der Waals surface area contributed by atoms with Crippen LogP contribution in [0.5, 0.6) is 0 Å². The standard InChI is InChI=1S/C25H24F4N4O2/c1-17-14-22(34)23(30-33(17)21-5-2-4-19(15-21)25(27,28)29)24(35)32-11-3-10-31(12-13-32)16-18-6-8-20(26)9-7-18/h2,4-9,14-15H,3,10-13,16H2,1H3. The normalized spacial score (nSPS) is 15.2. The molecule has 2 aromatic carbocycles. The van der Waals surface area contributed by atoms with Gasteiger partial charge >= 0.3 is 6.18 Å². The summed E-state index contributed by atoms with van der Waals surface area (Å²) in [5, 5.41) is 4.16. The predicted octanol–water partition coefficient (Wildman–Crippen LogP) is 4.05. The molecule has 0 bridgehead atoms. The van der Waals surface area contributed by atoms with Crippen LogP contribution in [0.25, 0.3) is 5.69 Å². The summed E-state index contributed by atoms with van der Waals surface area (Å²) in [5.41, 5.74) is -0.394. The maximum atomic E-state index is 13.2. The van der Waals surface area contributed by atoms with E-state index in [-0.39, 0.29) is 17.2 Å². The molecule has 35 heavy (non-hydrogen) atoms. The molecule has 0 aliphatic carbocycles. The highest BCUT2D eigenvalue weighted by molar-refractivity contribution is 5.92. The maximum Gasteiger partial charge on any atom is 0.416 e. The lowest BCUT2D eigenvalue weighted by Gasteiger charge is -2.22. The Hall–Kier alpha value is -3.53. The van der Waals surface area contributed by atoms with Crippen LogP contribution in [0.1, 0.15) is 33.7 Å². The third kappa shape index (κ3) is 5.76. The number of rotatable bonds is 4. The Morgan fingerprint density at radius 2 is 1.74 bits per heavy atom. The van der Waals surface area contributed by atoms with Gasteiger partial charge in [-0.2, -0.15) is 18.3 Å². The number of hydrogen-bond acceptors (Lipinski definition) is 4. The van der Waals surface area contributed by atoms with Crippen LogP contribution in [0.3, 0.4) is 0 Å². The van der Waals surface area contributed by atoms with Crippen LogP contribution in [0.15, 0.2) is 59.4 Å². The Bertz CT molecular complexity index is 1270. The van der Waals surface area contributed by atoms with Crippen molar-refractivity contribution in [2.24, 2.45) is 0 Å². The summed E-state index contributed by atoms with van der Waals surface area (Å²) in [6.07, 6.45) is -3.87. The van der Waals surface area contributed by atoms with Gasteiger partial charge in [0.1, 0.15) is 5.82 Å². The molecule has 1 saturated heterocycles. The summed E-state index contributed by atoms with van der Waals surface area (Å²) in [7, 11) is 0. The van der Waals surface area contributed by atoms with Crippen LogP contribution in [-0.4, -0.2) is 51.7 Å². The van der Waals surface area contributed by atoms with Gasteiger partial charge in [-0.1, -0.05) is 18.2 Å². The smallest absolute Gasteiger partial charge is 0.336 e. The predicted molar refractivity (Wildman–Crippen MR) is 122 cm³/mol. The average molecular weight is 488 g/mol. The largest absolute Gasteiger partial charge is 0.416 e. The van der Waals surface area contributed by atoms with Gasteiger partial charge in [0.2, 0.25) is 5.43 Å². The number of aromatic nitrogens is 2. The van der Waals surface area contributed by atoms with Crippen molar-refractivity contribution < 1.29 is 22.4 Å². The fourth-order valence-electron chi connectivity index (χ4n) is 4.10. The third-order valence-corrected chi connectivity index (χ3v) is 5.92. The molecule has 3 aromatic rings. The van der Waals surface area contributed by atoms with Crippen LogP contribution < -0.4 is 5.43 Å². The van der Waals surface area contributed by atoms with Crippen LogP contribution in [0, 0.1) is 12.7 Å². The number of carbonyl (C=O) groups is 1. The van der Waals surface area contributed by atoms with Gasteiger partial charge in [-0.25, -0.2) is 9.07 Å². The van der Waals surface area contributed by atoms with Gasteiger partial charge in [0, 0.05) is 44.5 Å². The molecule has 0 N–H and O–H groups in total. The van der Waals surface area contributed by atoms with E-state index in [2.05, 4.69) is 10.00 Å². The van der Waals surface area contributed by atoms with E-state index in [1.807, 2.05) is 0 Å². The minimum Gasteiger partial charge on any atom is -0.336 e. The summed E-state index contributed by atoms with van der Waals surface area (Å²) < 4.78 is 53.8. The number of carbonyl (C=O) groups excluding carboxylic acids is 1. The molecule has 0 atom stereocenters. The molecule has 1 aliphatic rings. The molecule has 4 rings (SSSR count). The first-order chi connectivity index (χ1) is 16.6. The van der Waals surface area contributed by atoms with E-state index in [1.54, 1.807) is 24.0 Å². The van der Waals surface area contributed by atoms with E-state index in [4.69, 9.17) is 0 Å². The zero-order valence-corrected chi connectivity index (χ0v) is 19.1. The topological polar surface area (TPSA) is 58.4 Å². The van der Waals surface area contributed by atoms with Crippen LogP contribution in [-0.2, 0) is 12.7 Å². The summed E-state index contributed by atoms with van der Waals surface area (Å²) in [5.74, 6) is -0.859. The molecule has 0 unspecified atom stereocenters. The van der Waals surface area contributed by atoms with Gasteiger partial charge in [0.15, 0.2) is 5.69 Å². The second-order valence-electron chi connectivity index (χ2n) is 8.51. The molecule has 0 radical (unpaired) electrons. The fourth-order valence-corrected chi connectivity index (χ4v) is 4.10. The first-order valence-electron chi connectivity index (χ1n) is 11.2. The van der Waals surface area contributed by atoms with Crippen molar-refractivity contribution >= 4 is 5.91 Å². The van der Waals surface area contributed by atoms with Crippen LogP contribution in [0.4, 0.5) is 17.6 Å². The molecule has 1 fully saturated rings. The zero-order valence-electron chi connectivity index (χ0n) is 19.1. The Balaban J connectivity index is 1.53. The molecule has 6 nitrogen and oxygen atoms in total. The van der Waals surface area contributed by atoms with E-state index >= 15 is 0 Å². The number of nitrogens with zero attached hydrogens (tertiary/aromatic N) is 4. The summed E-state index contributed by atoms with van der Waals surface area (Å²) in [6, 6.07) is 12.0. The SMILES string of the molecule is Cc1cc(=O)c(C(=O)N2CCCN(Cc3ccc(F)cc3)CC2)nn1-c1cccc(C(F)(F)F)c1. The second kappa shape index (κ2) is 9.99. The summed E-state index contributed by atoms with van der Waals surface area (Å²) in [6.45, 7) is 4.19. The van der Waals surface area contributed by atoms with Crippen molar-refractivity contribution in [3.05, 3.63) is 93.2 Å². The zero-order chi connectivity index (χ0) is 25.2. The van der Waals surface area contributed by atoms with Crippen LogP contribution in [0.2, 0.25) is 0 Å². The highest BCUT2D eigenvalue weighted by atomic mass is 19.4. The first-order valence-corrected chi connectivity index (χ1v) is 11.2. The lowest BCUT2D eigenvalue weighted by atomic mass is 10.2. The average Bonchev–Trinajstić information content (AvgIpc) is 3.05. The van der Waals surface area contributed by atoms with Gasteiger partial charge in [0.25, 0.3) is 5.91 Å². The van der Waals surface area contributed by atoms with E-state index in [0.717, 1.165) is 24.2 Å². The third-order valence-electron chi connectivity index (χ3n) is 5.92. The molecule has 10 heteroatoms. The Morgan fingerprint density at radius 1 is 1.00 bits per heavy atom. The van der Waals surface area contributed by atoms with Gasteiger partial charge in [-0.3, -0.25) is 14.5 Å². The Morgan fingerprint density at radius 3 is 2.46 bits per heavy atom. The van der Waals surface area contributed by atoms with Crippen molar-refractivity contribution in [2.75, 3.05) is 26.2 Å². The van der Waals surface area contributed by atoms with Crippen molar-refractivity contribution in [2.45, 2.75) is 26.1 Å². The quantitative estimate of drug-likeness (QED) is 0.520. The summed E-state index contributed by atoms with van der Waals surface area (Å²) >= 11 is 0. The van der Waals surface area contributed by atoms with E-state index in [1.165, 1.54) is 35.0 Å². The van der Waals surface area contributed by atoms with E-state index in [9.17, 15) is 27.2 Å². The van der Waals surface area contributed by atoms with Crippen molar-refractivity contribution in [1.29, 1.82) is 0 Å². The molecule has 2 heterocycles. The number of amides is 1. The van der Waals surface area contributed by atoms with Crippen molar-refractivity contribution in [1.82, 2.24) is 19.6 Å². The molecule has 0 saturated carbocycles. The highest BCUT2D eigenvalue weighted by Crippen LogP contribution is 2.30. The maximum absolute atomic E-state index is 13.2. The number of hydrogen-bond donors (Lipinski definition) is 0. The van der Waals surface area contributed by atoms with E-state index < -0.39 is 23.1 Å². The number of halogens is 4. The van der Waals surface area contributed by atoms with Gasteiger partial charge in [0.05, 0.1) is 11.3 Å². The molecule has 1 amide bonds. The van der Waals surface area contributed by atoms with Gasteiger partial charge in [-0.15, -0.1) is 0 Å². The molecule has 1 aromatic heterocycles. The molecular formula is C25H24F4N4O2. The minimum atomic E-state index is -4.53. The Labute approximate surface area is 199 Å². The van der Waals surface area contributed by atoms with E-state index in [0.29, 0.717) is 38.3 Å². The molecule has 1 aliphatic heterocycles. The van der Waals surface area contributed by atoms with Crippen LogP contribution >= 0.6 is 0 Å². The first kappa shape index (κ1) is 24.6. The molecular weight excluding hydrogens is 464 g/mol. The highest BCUT2D eigenvalue weighted by Gasteiger charge is 2.31. The lowest BCUT2D eigenvalue weighted by Crippen LogP contribution is -2.38. The number of alkyl halides is 3. The van der Waals surface area contributed by atoms with Crippen molar-refractivity contribution in [3.63, 3.8) is 0 Å². The monoisotopic (exact) mass is 488 g/mol. The number of benzene rings is 2. The Kier molecular flexibility index (Phi) is 7.02. The fraction of sp³-hybridized carbons (Fsp3) is 0.320. The van der Waals surface area contributed by atoms with Crippen molar-refractivity contribution in [3.8, 4) is 5.69 Å². The summed E-state index contributed by atoms with van der Waals surface area (Å²) in [4.78, 5) is 29.5. The molecule has 0 spiro atoms. The van der Waals surface area contributed by atoms with Gasteiger partial charge in [-0.05, 0) is 49.2 Å².